The lowest BCUT2D eigenvalue weighted by Gasteiger charge is -2.42. The maximum atomic E-state index is 13.5. The van der Waals surface area contributed by atoms with Crippen LogP contribution in [0.1, 0.15) is 24.8 Å². The summed E-state index contributed by atoms with van der Waals surface area (Å²) in [5.41, 5.74) is 0.494. The van der Waals surface area contributed by atoms with E-state index in [0.29, 0.717) is 32.5 Å². The summed E-state index contributed by atoms with van der Waals surface area (Å²) in [5, 5.41) is 0. The Hall–Kier alpha value is -2.14. The van der Waals surface area contributed by atoms with Gasteiger partial charge in [0.2, 0.25) is 11.8 Å². The van der Waals surface area contributed by atoms with Gasteiger partial charge in [-0.15, -0.1) is 0 Å². The molecule has 0 aromatic heterocycles. The Balaban J connectivity index is 1.86. The molecule has 0 spiro atoms. The third-order valence-corrected chi connectivity index (χ3v) is 5.60. The summed E-state index contributed by atoms with van der Waals surface area (Å²) in [6, 6.07) is 10.00. The van der Waals surface area contributed by atoms with Gasteiger partial charge in [-0.2, -0.15) is 0 Å². The van der Waals surface area contributed by atoms with Gasteiger partial charge in [0.15, 0.2) is 0 Å². The molecule has 2 fully saturated rings. The number of amides is 2. The summed E-state index contributed by atoms with van der Waals surface area (Å²) in [7, 11) is 1.70. The highest BCUT2D eigenvalue weighted by Crippen LogP contribution is 2.38. The lowest BCUT2D eigenvalue weighted by atomic mass is 9.71. The quantitative estimate of drug-likeness (QED) is 0.786. The van der Waals surface area contributed by atoms with Gasteiger partial charge in [0.25, 0.3) is 0 Å². The molecule has 1 aromatic rings. The normalized spacial score (nSPS) is 22.7. The smallest absolute Gasteiger partial charge is 0.245 e. The number of methoxy groups -OCH3 is 1. The van der Waals surface area contributed by atoms with Gasteiger partial charge in [-0.3, -0.25) is 9.59 Å². The molecule has 5 heteroatoms. The molecule has 5 nitrogen and oxygen atoms in total. The van der Waals surface area contributed by atoms with Gasteiger partial charge in [0.1, 0.15) is 0 Å². The molecule has 0 N–H and O–H groups in total. The van der Waals surface area contributed by atoms with E-state index in [1.807, 2.05) is 35.2 Å². The second-order valence-electron chi connectivity index (χ2n) is 6.88. The predicted octanol–water partition coefficient (Wildman–Crippen LogP) is 1.98. The zero-order valence-corrected chi connectivity index (χ0v) is 14.8. The summed E-state index contributed by atoms with van der Waals surface area (Å²) in [6.45, 7) is 6.11. The topological polar surface area (TPSA) is 49.9 Å². The Bertz CT molecular complexity index is 636. The molecule has 2 saturated heterocycles. The summed E-state index contributed by atoms with van der Waals surface area (Å²) < 4.78 is 5.42. The van der Waals surface area contributed by atoms with Gasteiger partial charge in [0.05, 0.1) is 11.5 Å². The van der Waals surface area contributed by atoms with Gasteiger partial charge in [-0.05, 0) is 30.9 Å². The van der Waals surface area contributed by atoms with Crippen LogP contribution >= 0.6 is 0 Å². The molecule has 0 bridgehead atoms. The molecule has 25 heavy (non-hydrogen) atoms. The fourth-order valence-corrected chi connectivity index (χ4v) is 4.03. The van der Waals surface area contributed by atoms with Gasteiger partial charge >= 0.3 is 0 Å². The van der Waals surface area contributed by atoms with E-state index in [4.69, 9.17) is 4.74 Å². The van der Waals surface area contributed by atoms with Crippen molar-refractivity contribution in [2.45, 2.75) is 30.8 Å². The van der Waals surface area contributed by atoms with Crippen molar-refractivity contribution < 1.29 is 14.3 Å². The van der Waals surface area contributed by atoms with Crippen molar-refractivity contribution in [3.8, 4) is 0 Å². The van der Waals surface area contributed by atoms with Crippen LogP contribution in [0.4, 0.5) is 0 Å². The molecule has 1 atom stereocenters. The highest BCUT2D eigenvalue weighted by Gasteiger charge is 2.46. The standard InChI is InChI=1S/C20H26N2O3/c1-3-18(23)21-13-10-20(11-14-21,16-7-5-4-6-8-16)19(24)22-12-9-17(15-22)25-2/h3-8,17H,1,9-15H2,2H3/t17-/m0/s1. The van der Waals surface area contributed by atoms with Gasteiger partial charge in [0, 0.05) is 33.3 Å². The number of benzene rings is 1. The van der Waals surface area contributed by atoms with Crippen molar-refractivity contribution in [3.63, 3.8) is 0 Å². The average Bonchev–Trinajstić information content (AvgIpc) is 3.16. The number of piperidine rings is 1. The van der Waals surface area contributed by atoms with Crippen LogP contribution in [0.25, 0.3) is 0 Å². The van der Waals surface area contributed by atoms with Crippen LogP contribution in [0.2, 0.25) is 0 Å². The number of carbonyl (C=O) groups is 2. The SMILES string of the molecule is C=CC(=O)N1CCC(C(=O)N2CC[C@H](OC)C2)(c2ccccc2)CC1. The molecule has 134 valence electrons. The van der Waals surface area contributed by atoms with Crippen LogP contribution < -0.4 is 0 Å². The maximum Gasteiger partial charge on any atom is 0.245 e. The van der Waals surface area contributed by atoms with Crippen molar-refractivity contribution in [2.24, 2.45) is 0 Å². The Kier molecular flexibility index (Phi) is 5.23. The van der Waals surface area contributed by atoms with E-state index in [0.717, 1.165) is 18.5 Å². The number of hydrogen-bond acceptors (Lipinski definition) is 3. The van der Waals surface area contributed by atoms with Crippen LogP contribution in [0.3, 0.4) is 0 Å². The van der Waals surface area contributed by atoms with Crippen molar-refractivity contribution in [1.29, 1.82) is 0 Å². The number of likely N-dealkylation sites (tertiary alicyclic amines) is 2. The van der Waals surface area contributed by atoms with Crippen LogP contribution in [0.15, 0.2) is 43.0 Å². The molecule has 1 aromatic carbocycles. The predicted molar refractivity (Wildman–Crippen MR) is 96.1 cm³/mol. The lowest BCUT2D eigenvalue weighted by molar-refractivity contribution is -0.141. The first-order chi connectivity index (χ1) is 12.1. The largest absolute Gasteiger partial charge is 0.380 e. The van der Waals surface area contributed by atoms with E-state index in [-0.39, 0.29) is 17.9 Å². The maximum absolute atomic E-state index is 13.5. The first-order valence-corrected chi connectivity index (χ1v) is 8.90. The number of rotatable bonds is 4. The van der Waals surface area contributed by atoms with Gasteiger partial charge in [-0.1, -0.05) is 36.9 Å². The third kappa shape index (κ3) is 3.33. The van der Waals surface area contributed by atoms with E-state index in [1.165, 1.54) is 6.08 Å². The molecular formula is C20H26N2O3. The van der Waals surface area contributed by atoms with Crippen molar-refractivity contribution in [1.82, 2.24) is 9.80 Å². The van der Waals surface area contributed by atoms with Crippen LogP contribution in [0.5, 0.6) is 0 Å². The van der Waals surface area contributed by atoms with Crippen molar-refractivity contribution in [3.05, 3.63) is 48.6 Å². The highest BCUT2D eigenvalue weighted by molar-refractivity contribution is 5.90. The Morgan fingerprint density at radius 2 is 1.84 bits per heavy atom. The van der Waals surface area contributed by atoms with E-state index < -0.39 is 5.41 Å². The molecule has 0 radical (unpaired) electrons. The Morgan fingerprint density at radius 1 is 1.16 bits per heavy atom. The summed E-state index contributed by atoms with van der Waals surface area (Å²) in [6.07, 6.45) is 3.64. The molecule has 0 aliphatic carbocycles. The second kappa shape index (κ2) is 7.40. The molecule has 2 amide bonds. The Morgan fingerprint density at radius 3 is 2.40 bits per heavy atom. The number of hydrogen-bond donors (Lipinski definition) is 0. The average molecular weight is 342 g/mol. The molecule has 0 unspecified atom stereocenters. The monoisotopic (exact) mass is 342 g/mol. The third-order valence-electron chi connectivity index (χ3n) is 5.60. The minimum atomic E-state index is -0.554. The van der Waals surface area contributed by atoms with Crippen LogP contribution in [0, 0.1) is 0 Å². The van der Waals surface area contributed by atoms with Crippen LogP contribution in [-0.4, -0.2) is 61.0 Å². The Labute approximate surface area is 149 Å². The lowest BCUT2D eigenvalue weighted by Crippen LogP contribution is -2.53. The minimum Gasteiger partial charge on any atom is -0.380 e. The van der Waals surface area contributed by atoms with E-state index >= 15 is 0 Å². The second-order valence-corrected chi connectivity index (χ2v) is 6.88. The molecule has 2 aliphatic rings. The minimum absolute atomic E-state index is 0.0604. The molecule has 2 aliphatic heterocycles. The zero-order valence-electron chi connectivity index (χ0n) is 14.8. The molecule has 2 heterocycles. The number of carbonyl (C=O) groups excluding carboxylic acids is 2. The van der Waals surface area contributed by atoms with Crippen LogP contribution in [-0.2, 0) is 19.7 Å². The summed E-state index contributed by atoms with van der Waals surface area (Å²) in [5.74, 6) is 0.110. The molecular weight excluding hydrogens is 316 g/mol. The van der Waals surface area contributed by atoms with E-state index in [1.54, 1.807) is 12.0 Å². The fraction of sp³-hybridized carbons (Fsp3) is 0.500. The fourth-order valence-electron chi connectivity index (χ4n) is 4.03. The summed E-state index contributed by atoms with van der Waals surface area (Å²) >= 11 is 0. The van der Waals surface area contributed by atoms with Crippen molar-refractivity contribution in [2.75, 3.05) is 33.3 Å². The molecule has 0 saturated carbocycles. The van der Waals surface area contributed by atoms with E-state index in [2.05, 4.69) is 6.58 Å². The number of ether oxygens (including phenoxy) is 1. The summed E-state index contributed by atoms with van der Waals surface area (Å²) in [4.78, 5) is 29.1. The first kappa shape index (κ1) is 17.7. The van der Waals surface area contributed by atoms with Crippen molar-refractivity contribution >= 4 is 11.8 Å². The molecule has 3 rings (SSSR count). The van der Waals surface area contributed by atoms with Gasteiger partial charge < -0.3 is 14.5 Å². The number of nitrogens with zero attached hydrogens (tertiary/aromatic N) is 2. The van der Waals surface area contributed by atoms with E-state index in [9.17, 15) is 9.59 Å². The first-order valence-electron chi connectivity index (χ1n) is 8.90. The van der Waals surface area contributed by atoms with Gasteiger partial charge in [-0.25, -0.2) is 0 Å². The zero-order chi connectivity index (χ0) is 17.9. The highest BCUT2D eigenvalue weighted by atomic mass is 16.5.